The summed E-state index contributed by atoms with van der Waals surface area (Å²) in [5.74, 6) is -0.183. The second kappa shape index (κ2) is 6.45. The molecule has 1 atom stereocenters. The number of methoxy groups -OCH3 is 1. The van der Waals surface area contributed by atoms with Gasteiger partial charge < -0.3 is 10.1 Å². The molecule has 1 saturated carbocycles. The van der Waals surface area contributed by atoms with Crippen molar-refractivity contribution in [1.82, 2.24) is 5.32 Å². The first kappa shape index (κ1) is 16.4. The first-order valence-electron chi connectivity index (χ1n) is 7.96. The summed E-state index contributed by atoms with van der Waals surface area (Å²) in [6.45, 7) is 7.56. The van der Waals surface area contributed by atoms with E-state index in [0.29, 0.717) is 5.41 Å². The van der Waals surface area contributed by atoms with Crippen LogP contribution < -0.4 is 5.32 Å². The largest absolute Gasteiger partial charge is 0.376 e. The predicted molar refractivity (Wildman–Crippen MR) is 84.8 cm³/mol. The van der Waals surface area contributed by atoms with Gasteiger partial charge in [-0.1, -0.05) is 32.9 Å². The third-order valence-electron chi connectivity index (χ3n) is 4.97. The molecule has 0 amide bonds. The molecule has 1 aromatic rings. The number of benzene rings is 1. The number of ether oxygens (including phenoxy) is 1. The molecule has 0 radical (unpaired) electrons. The van der Waals surface area contributed by atoms with Crippen LogP contribution in [0.15, 0.2) is 24.3 Å². The van der Waals surface area contributed by atoms with Crippen LogP contribution in [0.2, 0.25) is 0 Å². The maximum Gasteiger partial charge on any atom is 0.123 e. The molecule has 0 bridgehead atoms. The molecule has 2 rings (SSSR count). The summed E-state index contributed by atoms with van der Waals surface area (Å²) in [6, 6.07) is 6.95. The Bertz CT molecular complexity index is 462. The van der Waals surface area contributed by atoms with E-state index in [2.05, 4.69) is 26.1 Å². The Morgan fingerprint density at radius 2 is 1.90 bits per heavy atom. The van der Waals surface area contributed by atoms with Crippen molar-refractivity contribution >= 4 is 0 Å². The van der Waals surface area contributed by atoms with Crippen molar-refractivity contribution in [2.75, 3.05) is 13.7 Å². The minimum absolute atomic E-state index is 0.0410. The van der Waals surface area contributed by atoms with Gasteiger partial charge in [-0.25, -0.2) is 4.39 Å². The molecule has 0 saturated heterocycles. The van der Waals surface area contributed by atoms with Crippen LogP contribution in [0.1, 0.15) is 58.1 Å². The Labute approximate surface area is 128 Å². The van der Waals surface area contributed by atoms with Crippen LogP contribution in [0.5, 0.6) is 0 Å². The van der Waals surface area contributed by atoms with E-state index in [4.69, 9.17) is 4.74 Å². The SMILES string of the molecule is CCNC(c1cccc(F)c1)C1(OC)CCC(C)(C)CC1. The monoisotopic (exact) mass is 293 g/mol. The summed E-state index contributed by atoms with van der Waals surface area (Å²) < 4.78 is 19.6. The minimum atomic E-state index is -0.237. The van der Waals surface area contributed by atoms with Crippen molar-refractivity contribution in [3.8, 4) is 0 Å². The van der Waals surface area contributed by atoms with Gasteiger partial charge in [0.15, 0.2) is 0 Å². The second-order valence-electron chi connectivity index (χ2n) is 6.98. The second-order valence-corrected chi connectivity index (χ2v) is 6.98. The van der Waals surface area contributed by atoms with Gasteiger partial charge in [-0.05, 0) is 55.3 Å². The average Bonchev–Trinajstić information content (AvgIpc) is 2.46. The molecule has 2 nitrogen and oxygen atoms in total. The zero-order chi connectivity index (χ0) is 15.5. The molecular formula is C18H28FNO. The summed E-state index contributed by atoms with van der Waals surface area (Å²) in [5.41, 5.74) is 1.12. The van der Waals surface area contributed by atoms with Crippen molar-refractivity contribution in [2.24, 2.45) is 5.41 Å². The minimum Gasteiger partial charge on any atom is -0.376 e. The number of hydrogen-bond donors (Lipinski definition) is 1. The number of rotatable bonds is 5. The maximum atomic E-state index is 13.6. The standard InChI is InChI=1S/C18H28FNO/c1-5-20-16(14-7-6-8-15(19)13-14)18(21-4)11-9-17(2,3)10-12-18/h6-8,13,16,20H,5,9-12H2,1-4H3. The first-order valence-corrected chi connectivity index (χ1v) is 7.96. The van der Waals surface area contributed by atoms with Crippen molar-refractivity contribution in [3.05, 3.63) is 35.6 Å². The van der Waals surface area contributed by atoms with Gasteiger partial charge in [0.1, 0.15) is 5.82 Å². The third kappa shape index (κ3) is 3.64. The van der Waals surface area contributed by atoms with Crippen molar-refractivity contribution in [2.45, 2.75) is 58.1 Å². The van der Waals surface area contributed by atoms with Gasteiger partial charge in [-0.2, -0.15) is 0 Å². The van der Waals surface area contributed by atoms with Crippen molar-refractivity contribution in [1.29, 1.82) is 0 Å². The van der Waals surface area contributed by atoms with Crippen molar-refractivity contribution in [3.63, 3.8) is 0 Å². The number of nitrogens with one attached hydrogen (secondary N) is 1. The summed E-state index contributed by atoms with van der Waals surface area (Å²) >= 11 is 0. The summed E-state index contributed by atoms with van der Waals surface area (Å²) in [4.78, 5) is 0. The van der Waals surface area contributed by atoms with E-state index in [0.717, 1.165) is 37.8 Å². The van der Waals surface area contributed by atoms with E-state index in [1.54, 1.807) is 19.2 Å². The Balaban J connectivity index is 2.31. The topological polar surface area (TPSA) is 21.3 Å². The highest BCUT2D eigenvalue weighted by atomic mass is 19.1. The van der Waals surface area contributed by atoms with Gasteiger partial charge in [0, 0.05) is 7.11 Å². The molecule has 1 aliphatic carbocycles. The third-order valence-corrected chi connectivity index (χ3v) is 4.97. The van der Waals surface area contributed by atoms with Gasteiger partial charge in [0.05, 0.1) is 11.6 Å². The zero-order valence-corrected chi connectivity index (χ0v) is 13.7. The summed E-state index contributed by atoms with van der Waals surface area (Å²) in [5, 5.41) is 3.52. The highest BCUT2D eigenvalue weighted by molar-refractivity contribution is 5.24. The maximum absolute atomic E-state index is 13.6. The van der Waals surface area contributed by atoms with Crippen LogP contribution in [0, 0.1) is 11.2 Å². The highest BCUT2D eigenvalue weighted by Gasteiger charge is 2.44. The molecule has 1 unspecified atom stereocenters. The molecular weight excluding hydrogens is 265 g/mol. The van der Waals surface area contributed by atoms with E-state index in [1.807, 2.05) is 6.07 Å². The summed E-state index contributed by atoms with van der Waals surface area (Å²) in [6.07, 6.45) is 4.28. The Morgan fingerprint density at radius 1 is 1.24 bits per heavy atom. The van der Waals surface area contributed by atoms with Gasteiger partial charge in [-0.15, -0.1) is 0 Å². The molecule has 1 N–H and O–H groups in total. The smallest absolute Gasteiger partial charge is 0.123 e. The van der Waals surface area contributed by atoms with E-state index in [-0.39, 0.29) is 17.5 Å². The van der Waals surface area contributed by atoms with E-state index >= 15 is 0 Å². The van der Waals surface area contributed by atoms with Gasteiger partial charge in [-0.3, -0.25) is 0 Å². The van der Waals surface area contributed by atoms with Crippen LogP contribution in [-0.2, 0) is 4.74 Å². The molecule has 1 aromatic carbocycles. The molecule has 0 spiro atoms. The molecule has 0 aliphatic heterocycles. The molecule has 118 valence electrons. The Morgan fingerprint density at radius 3 is 2.43 bits per heavy atom. The lowest BCUT2D eigenvalue weighted by molar-refractivity contribution is -0.0873. The number of likely N-dealkylation sites (N-methyl/N-ethyl adjacent to an activating group) is 1. The van der Waals surface area contributed by atoms with Crippen molar-refractivity contribution < 1.29 is 9.13 Å². The number of halogens is 1. The number of hydrogen-bond acceptors (Lipinski definition) is 2. The summed E-state index contributed by atoms with van der Waals surface area (Å²) in [7, 11) is 1.79. The molecule has 0 heterocycles. The molecule has 0 aromatic heterocycles. The van der Waals surface area contributed by atoms with Crippen LogP contribution in [-0.4, -0.2) is 19.3 Å². The fourth-order valence-electron chi connectivity index (χ4n) is 3.46. The predicted octanol–water partition coefficient (Wildman–Crippen LogP) is 4.46. The van der Waals surface area contributed by atoms with Crippen LogP contribution in [0.3, 0.4) is 0 Å². The fraction of sp³-hybridized carbons (Fsp3) is 0.667. The molecule has 1 aliphatic rings. The van der Waals surface area contributed by atoms with Crippen LogP contribution in [0.25, 0.3) is 0 Å². The molecule has 21 heavy (non-hydrogen) atoms. The normalized spacial score (nSPS) is 22.0. The molecule has 1 fully saturated rings. The molecule has 3 heteroatoms. The van der Waals surface area contributed by atoms with Crippen LogP contribution >= 0.6 is 0 Å². The van der Waals surface area contributed by atoms with E-state index < -0.39 is 0 Å². The lowest BCUT2D eigenvalue weighted by Gasteiger charge is -2.47. The lowest BCUT2D eigenvalue weighted by atomic mass is 9.67. The quantitative estimate of drug-likeness (QED) is 0.865. The highest BCUT2D eigenvalue weighted by Crippen LogP contribution is 2.47. The van der Waals surface area contributed by atoms with E-state index in [1.165, 1.54) is 6.07 Å². The first-order chi connectivity index (χ1) is 9.92. The van der Waals surface area contributed by atoms with Gasteiger partial charge in [0.25, 0.3) is 0 Å². The average molecular weight is 293 g/mol. The Kier molecular flexibility index (Phi) is 5.05. The Hall–Kier alpha value is -0.930. The van der Waals surface area contributed by atoms with Gasteiger partial charge >= 0.3 is 0 Å². The lowest BCUT2D eigenvalue weighted by Crippen LogP contribution is -2.49. The van der Waals surface area contributed by atoms with E-state index in [9.17, 15) is 4.39 Å². The zero-order valence-electron chi connectivity index (χ0n) is 13.7. The van der Waals surface area contributed by atoms with Gasteiger partial charge in [0.2, 0.25) is 0 Å². The fourth-order valence-corrected chi connectivity index (χ4v) is 3.46. The van der Waals surface area contributed by atoms with Crippen LogP contribution in [0.4, 0.5) is 4.39 Å².